The Morgan fingerprint density at radius 1 is 1.50 bits per heavy atom. The number of thioether (sulfide) groups is 1. The predicted molar refractivity (Wildman–Crippen MR) is 93.2 cm³/mol. The van der Waals surface area contributed by atoms with Crippen LogP contribution in [0.5, 0.6) is 0 Å². The molecule has 0 radical (unpaired) electrons. The standard InChI is InChI=1S/C15H21N5O2S2/c1-11-16-17-15(24-11)23-10-14(22)19-5-2-3-12(9-19)13-4-6-20(18-13)7-8-21/h4,6,12,21H,2-3,5,7-10H2,1H3/t12-/m1/s1. The molecule has 1 N–H and O–H groups in total. The summed E-state index contributed by atoms with van der Waals surface area (Å²) in [6.07, 6.45) is 3.93. The van der Waals surface area contributed by atoms with Crippen LogP contribution in [0.15, 0.2) is 16.6 Å². The van der Waals surface area contributed by atoms with E-state index < -0.39 is 0 Å². The Morgan fingerprint density at radius 3 is 3.12 bits per heavy atom. The quantitative estimate of drug-likeness (QED) is 0.780. The van der Waals surface area contributed by atoms with Gasteiger partial charge in [-0.25, -0.2) is 0 Å². The lowest BCUT2D eigenvalue weighted by Gasteiger charge is -2.32. The average molecular weight is 368 g/mol. The highest BCUT2D eigenvalue weighted by atomic mass is 32.2. The highest BCUT2D eigenvalue weighted by molar-refractivity contribution is 8.01. The Bertz CT molecular complexity index is 687. The number of piperidine rings is 1. The van der Waals surface area contributed by atoms with Gasteiger partial charge in [-0.05, 0) is 25.8 Å². The third-order valence-corrected chi connectivity index (χ3v) is 5.97. The van der Waals surface area contributed by atoms with Gasteiger partial charge in [0, 0.05) is 25.2 Å². The van der Waals surface area contributed by atoms with Crippen LogP contribution in [-0.2, 0) is 11.3 Å². The highest BCUT2D eigenvalue weighted by Gasteiger charge is 2.26. The highest BCUT2D eigenvalue weighted by Crippen LogP contribution is 2.27. The molecule has 1 amide bonds. The summed E-state index contributed by atoms with van der Waals surface area (Å²) in [6.45, 7) is 4.02. The zero-order valence-electron chi connectivity index (χ0n) is 13.6. The Kier molecular flexibility index (Phi) is 5.85. The minimum Gasteiger partial charge on any atom is -0.394 e. The number of amides is 1. The summed E-state index contributed by atoms with van der Waals surface area (Å²) in [5.74, 6) is 0.823. The van der Waals surface area contributed by atoms with Crippen molar-refractivity contribution in [3.05, 3.63) is 23.0 Å². The van der Waals surface area contributed by atoms with Crippen LogP contribution in [0.3, 0.4) is 0 Å². The molecule has 1 aliphatic rings. The van der Waals surface area contributed by atoms with Crippen molar-refractivity contribution < 1.29 is 9.90 Å². The van der Waals surface area contributed by atoms with Gasteiger partial charge in [0.05, 0.1) is 24.6 Å². The first-order valence-corrected chi connectivity index (χ1v) is 9.81. The number of hydrogen-bond acceptors (Lipinski definition) is 7. The van der Waals surface area contributed by atoms with Crippen LogP contribution < -0.4 is 0 Å². The summed E-state index contributed by atoms with van der Waals surface area (Å²) in [4.78, 5) is 14.4. The van der Waals surface area contributed by atoms with Crippen molar-refractivity contribution in [3.63, 3.8) is 0 Å². The number of aliphatic hydroxyl groups is 1. The van der Waals surface area contributed by atoms with Crippen LogP contribution in [0.2, 0.25) is 0 Å². The van der Waals surface area contributed by atoms with Crippen LogP contribution in [0.1, 0.15) is 29.5 Å². The van der Waals surface area contributed by atoms with E-state index in [0.717, 1.165) is 34.4 Å². The van der Waals surface area contributed by atoms with Crippen molar-refractivity contribution in [2.45, 2.75) is 36.6 Å². The summed E-state index contributed by atoms with van der Waals surface area (Å²) in [5, 5.41) is 22.4. The maximum atomic E-state index is 12.5. The number of nitrogens with zero attached hydrogens (tertiary/aromatic N) is 5. The minimum absolute atomic E-state index is 0.0821. The van der Waals surface area contributed by atoms with E-state index in [2.05, 4.69) is 15.3 Å². The normalized spacial score (nSPS) is 18.1. The Labute approximate surface area is 149 Å². The molecule has 9 heteroatoms. The van der Waals surface area contributed by atoms with Crippen LogP contribution >= 0.6 is 23.1 Å². The number of hydrogen-bond donors (Lipinski definition) is 1. The van der Waals surface area contributed by atoms with E-state index in [1.807, 2.05) is 24.1 Å². The lowest BCUT2D eigenvalue weighted by atomic mass is 9.95. The van der Waals surface area contributed by atoms with Gasteiger partial charge in [-0.3, -0.25) is 9.48 Å². The van der Waals surface area contributed by atoms with Gasteiger partial charge in [0.1, 0.15) is 5.01 Å². The van der Waals surface area contributed by atoms with Crippen molar-refractivity contribution >= 4 is 29.0 Å². The molecule has 0 bridgehead atoms. The Balaban J connectivity index is 1.54. The molecule has 1 fully saturated rings. The maximum Gasteiger partial charge on any atom is 0.233 e. The smallest absolute Gasteiger partial charge is 0.233 e. The second kappa shape index (κ2) is 8.09. The predicted octanol–water partition coefficient (Wildman–Crippen LogP) is 1.53. The molecule has 0 aromatic carbocycles. The van der Waals surface area contributed by atoms with Crippen LogP contribution in [-0.4, -0.2) is 61.3 Å². The largest absolute Gasteiger partial charge is 0.394 e. The molecule has 3 heterocycles. The monoisotopic (exact) mass is 367 g/mol. The summed E-state index contributed by atoms with van der Waals surface area (Å²) < 4.78 is 2.60. The summed E-state index contributed by atoms with van der Waals surface area (Å²) >= 11 is 2.97. The molecule has 2 aromatic rings. The zero-order valence-corrected chi connectivity index (χ0v) is 15.2. The average Bonchev–Trinajstić information content (AvgIpc) is 3.22. The number of likely N-dealkylation sites (tertiary alicyclic amines) is 1. The van der Waals surface area contributed by atoms with E-state index in [1.54, 1.807) is 4.68 Å². The van der Waals surface area contributed by atoms with Crippen molar-refractivity contribution in [1.29, 1.82) is 0 Å². The molecule has 24 heavy (non-hydrogen) atoms. The van der Waals surface area contributed by atoms with Gasteiger partial charge in [-0.15, -0.1) is 10.2 Å². The molecule has 1 saturated heterocycles. The summed E-state index contributed by atoms with van der Waals surface area (Å²) in [7, 11) is 0. The summed E-state index contributed by atoms with van der Waals surface area (Å²) in [6, 6.07) is 1.99. The van der Waals surface area contributed by atoms with Crippen LogP contribution in [0.4, 0.5) is 0 Å². The van der Waals surface area contributed by atoms with Crippen LogP contribution in [0.25, 0.3) is 0 Å². The van der Waals surface area contributed by atoms with E-state index >= 15 is 0 Å². The molecule has 0 aliphatic carbocycles. The second-order valence-electron chi connectivity index (χ2n) is 5.78. The fourth-order valence-corrected chi connectivity index (χ4v) is 4.54. The van der Waals surface area contributed by atoms with Crippen LogP contribution in [0, 0.1) is 6.92 Å². The van der Waals surface area contributed by atoms with Crippen molar-refractivity contribution in [2.75, 3.05) is 25.4 Å². The minimum atomic E-state index is 0.0821. The van der Waals surface area contributed by atoms with E-state index in [9.17, 15) is 4.79 Å². The lowest BCUT2D eigenvalue weighted by molar-refractivity contribution is -0.129. The SMILES string of the molecule is Cc1nnc(SCC(=O)N2CCC[C@@H](c3ccn(CCO)n3)C2)s1. The van der Waals surface area contributed by atoms with Gasteiger partial charge in [0.25, 0.3) is 0 Å². The molecule has 2 aromatic heterocycles. The number of aliphatic hydroxyl groups excluding tert-OH is 1. The van der Waals surface area contributed by atoms with Gasteiger partial charge in [-0.2, -0.15) is 5.10 Å². The van der Waals surface area contributed by atoms with Crippen molar-refractivity contribution in [1.82, 2.24) is 24.9 Å². The number of rotatable bonds is 6. The third-order valence-electron chi connectivity index (χ3n) is 4.01. The van der Waals surface area contributed by atoms with E-state index in [0.29, 0.717) is 18.8 Å². The maximum absolute atomic E-state index is 12.5. The molecule has 130 valence electrons. The lowest BCUT2D eigenvalue weighted by Crippen LogP contribution is -2.40. The molecular weight excluding hydrogens is 346 g/mol. The van der Waals surface area contributed by atoms with E-state index in [4.69, 9.17) is 5.11 Å². The molecular formula is C15H21N5O2S2. The van der Waals surface area contributed by atoms with Gasteiger partial charge in [0.2, 0.25) is 5.91 Å². The molecule has 0 spiro atoms. The number of carbonyl (C=O) groups is 1. The Morgan fingerprint density at radius 2 is 2.38 bits per heavy atom. The van der Waals surface area contributed by atoms with Gasteiger partial charge in [-0.1, -0.05) is 23.1 Å². The van der Waals surface area contributed by atoms with Gasteiger partial charge in [0.15, 0.2) is 4.34 Å². The zero-order chi connectivity index (χ0) is 16.9. The fourth-order valence-electron chi connectivity index (χ4n) is 2.82. The fraction of sp³-hybridized carbons (Fsp3) is 0.600. The van der Waals surface area contributed by atoms with Gasteiger partial charge >= 0.3 is 0 Å². The molecule has 0 saturated carbocycles. The van der Waals surface area contributed by atoms with E-state index in [1.165, 1.54) is 23.1 Å². The second-order valence-corrected chi connectivity index (χ2v) is 8.19. The first-order chi connectivity index (χ1) is 11.7. The van der Waals surface area contributed by atoms with Gasteiger partial charge < -0.3 is 10.0 Å². The first-order valence-electron chi connectivity index (χ1n) is 8.00. The number of aryl methyl sites for hydroxylation is 1. The van der Waals surface area contributed by atoms with Crippen molar-refractivity contribution in [3.8, 4) is 0 Å². The molecule has 1 atom stereocenters. The molecule has 1 aliphatic heterocycles. The Hall–Kier alpha value is -1.45. The summed E-state index contributed by atoms with van der Waals surface area (Å²) in [5.41, 5.74) is 1.01. The third kappa shape index (κ3) is 4.34. The van der Waals surface area contributed by atoms with Crippen molar-refractivity contribution in [2.24, 2.45) is 0 Å². The number of carbonyl (C=O) groups excluding carboxylic acids is 1. The molecule has 0 unspecified atom stereocenters. The number of aromatic nitrogens is 4. The molecule has 3 rings (SSSR count). The first kappa shape index (κ1) is 17.4. The van der Waals surface area contributed by atoms with E-state index in [-0.39, 0.29) is 18.4 Å². The topological polar surface area (TPSA) is 84.1 Å². The molecule has 7 nitrogen and oxygen atoms in total.